The standard InChI is InChI=1S/C21H28N2O3S2/c1-3-16-7-8-17(4-2)19(14-16)15-22-21(24)18-9-11-23(12-10-18)28(25,26)20-6-5-13-27-20/h5-8,13-14,18H,3-4,9-12,15H2,1-2H3,(H,22,24). The van der Waals surface area contributed by atoms with Crippen LogP contribution in [-0.2, 0) is 34.2 Å². The zero-order chi connectivity index (χ0) is 20.1. The van der Waals surface area contributed by atoms with Gasteiger partial charge in [-0.15, -0.1) is 11.3 Å². The summed E-state index contributed by atoms with van der Waals surface area (Å²) in [6.07, 6.45) is 3.04. The molecule has 1 aliphatic heterocycles. The summed E-state index contributed by atoms with van der Waals surface area (Å²) in [5, 5.41) is 4.84. The van der Waals surface area contributed by atoms with Crippen LogP contribution in [0.5, 0.6) is 0 Å². The Labute approximate surface area is 171 Å². The van der Waals surface area contributed by atoms with Gasteiger partial charge in [0.05, 0.1) is 0 Å². The number of carbonyl (C=O) groups excluding carboxylic acids is 1. The highest BCUT2D eigenvalue weighted by Crippen LogP contribution is 2.26. The second-order valence-corrected chi connectivity index (χ2v) is 10.3. The Morgan fingerprint density at radius 2 is 1.89 bits per heavy atom. The number of nitrogens with one attached hydrogen (secondary N) is 1. The van der Waals surface area contributed by atoms with Crippen LogP contribution in [0, 0.1) is 5.92 Å². The Morgan fingerprint density at radius 3 is 2.50 bits per heavy atom. The van der Waals surface area contributed by atoms with Gasteiger partial charge in [-0.2, -0.15) is 4.31 Å². The van der Waals surface area contributed by atoms with Gasteiger partial charge in [0.2, 0.25) is 5.91 Å². The Kier molecular flexibility index (Phi) is 6.91. The van der Waals surface area contributed by atoms with E-state index in [2.05, 4.69) is 37.4 Å². The first kappa shape index (κ1) is 21.0. The predicted molar refractivity (Wildman–Crippen MR) is 113 cm³/mol. The highest BCUT2D eigenvalue weighted by Gasteiger charge is 2.32. The SMILES string of the molecule is CCc1ccc(CC)c(CNC(=O)C2CCN(S(=O)(=O)c3cccs3)CC2)c1. The monoisotopic (exact) mass is 420 g/mol. The molecular weight excluding hydrogens is 392 g/mol. The number of carbonyl (C=O) groups is 1. The summed E-state index contributed by atoms with van der Waals surface area (Å²) in [5.74, 6) is -0.105. The van der Waals surface area contributed by atoms with Crippen LogP contribution < -0.4 is 5.32 Å². The molecule has 0 radical (unpaired) electrons. The molecule has 1 aromatic carbocycles. The average Bonchev–Trinajstić information content (AvgIpc) is 3.27. The second-order valence-electron chi connectivity index (χ2n) is 7.14. The van der Waals surface area contributed by atoms with Gasteiger partial charge in [-0.25, -0.2) is 8.42 Å². The number of sulfonamides is 1. The molecule has 3 rings (SSSR count). The minimum Gasteiger partial charge on any atom is -0.352 e. The number of aryl methyl sites for hydroxylation is 2. The van der Waals surface area contributed by atoms with Gasteiger partial charge in [-0.3, -0.25) is 4.79 Å². The van der Waals surface area contributed by atoms with Crippen LogP contribution >= 0.6 is 11.3 Å². The third kappa shape index (κ3) is 4.64. The van der Waals surface area contributed by atoms with Crippen molar-refractivity contribution in [2.75, 3.05) is 13.1 Å². The van der Waals surface area contributed by atoms with Crippen molar-refractivity contribution in [1.29, 1.82) is 0 Å². The van der Waals surface area contributed by atoms with E-state index in [9.17, 15) is 13.2 Å². The molecule has 1 amide bonds. The fraction of sp³-hybridized carbons (Fsp3) is 0.476. The molecule has 0 spiro atoms. The first-order chi connectivity index (χ1) is 13.5. The number of piperidine rings is 1. The highest BCUT2D eigenvalue weighted by molar-refractivity contribution is 7.91. The Hall–Kier alpha value is -1.70. The molecule has 1 aromatic heterocycles. The van der Waals surface area contributed by atoms with Crippen LogP contribution in [0.2, 0.25) is 0 Å². The van der Waals surface area contributed by atoms with Crippen LogP contribution in [0.4, 0.5) is 0 Å². The number of hydrogen-bond acceptors (Lipinski definition) is 4. The molecule has 7 heteroatoms. The zero-order valence-electron chi connectivity index (χ0n) is 16.5. The maximum absolute atomic E-state index is 12.6. The van der Waals surface area contributed by atoms with Gasteiger partial charge < -0.3 is 5.32 Å². The number of nitrogens with zero attached hydrogens (tertiary/aromatic N) is 1. The van der Waals surface area contributed by atoms with E-state index in [1.54, 1.807) is 17.5 Å². The van der Waals surface area contributed by atoms with E-state index < -0.39 is 10.0 Å². The predicted octanol–water partition coefficient (Wildman–Crippen LogP) is 3.59. The van der Waals surface area contributed by atoms with Gasteiger partial charge in [0.1, 0.15) is 4.21 Å². The lowest BCUT2D eigenvalue weighted by Crippen LogP contribution is -2.42. The van der Waals surface area contributed by atoms with Crippen molar-refractivity contribution in [3.05, 3.63) is 52.4 Å². The summed E-state index contributed by atoms with van der Waals surface area (Å²) in [5.41, 5.74) is 3.70. The molecule has 2 aromatic rings. The molecule has 5 nitrogen and oxygen atoms in total. The third-order valence-corrected chi connectivity index (χ3v) is 8.70. The van der Waals surface area contributed by atoms with Gasteiger partial charge in [-0.1, -0.05) is 38.1 Å². The summed E-state index contributed by atoms with van der Waals surface area (Å²) in [6, 6.07) is 9.85. The van der Waals surface area contributed by atoms with E-state index in [1.165, 1.54) is 32.3 Å². The van der Waals surface area contributed by atoms with Gasteiger partial charge in [0.25, 0.3) is 10.0 Å². The van der Waals surface area contributed by atoms with Gasteiger partial charge in [0.15, 0.2) is 0 Å². The average molecular weight is 421 g/mol. The van der Waals surface area contributed by atoms with E-state index in [0.29, 0.717) is 36.7 Å². The molecular formula is C21H28N2O3S2. The fourth-order valence-electron chi connectivity index (χ4n) is 3.63. The summed E-state index contributed by atoms with van der Waals surface area (Å²) in [4.78, 5) is 12.6. The summed E-state index contributed by atoms with van der Waals surface area (Å²) < 4.78 is 27.1. The lowest BCUT2D eigenvalue weighted by atomic mass is 9.96. The molecule has 1 saturated heterocycles. The molecule has 28 heavy (non-hydrogen) atoms. The number of amides is 1. The van der Waals surface area contributed by atoms with Crippen LogP contribution in [0.3, 0.4) is 0 Å². The molecule has 1 fully saturated rings. The topological polar surface area (TPSA) is 66.5 Å². The summed E-state index contributed by atoms with van der Waals surface area (Å²) >= 11 is 1.23. The number of hydrogen-bond donors (Lipinski definition) is 1. The van der Waals surface area contributed by atoms with Crippen molar-refractivity contribution in [1.82, 2.24) is 9.62 Å². The van der Waals surface area contributed by atoms with Crippen molar-refractivity contribution in [2.45, 2.75) is 50.3 Å². The lowest BCUT2D eigenvalue weighted by Gasteiger charge is -2.30. The largest absolute Gasteiger partial charge is 0.352 e. The molecule has 1 N–H and O–H groups in total. The zero-order valence-corrected chi connectivity index (χ0v) is 18.1. The molecule has 0 aliphatic carbocycles. The van der Waals surface area contributed by atoms with Crippen LogP contribution in [0.15, 0.2) is 39.9 Å². The third-order valence-electron chi connectivity index (χ3n) is 5.43. The molecule has 0 bridgehead atoms. The Balaban J connectivity index is 1.56. The molecule has 0 atom stereocenters. The number of benzene rings is 1. The van der Waals surface area contributed by atoms with E-state index in [-0.39, 0.29) is 11.8 Å². The number of thiophene rings is 1. The Bertz CT molecular complexity index is 900. The normalized spacial score (nSPS) is 16.2. The van der Waals surface area contributed by atoms with Crippen molar-refractivity contribution in [2.24, 2.45) is 5.92 Å². The van der Waals surface area contributed by atoms with Crippen molar-refractivity contribution in [3.63, 3.8) is 0 Å². The van der Waals surface area contributed by atoms with E-state index in [4.69, 9.17) is 0 Å². The van der Waals surface area contributed by atoms with Gasteiger partial charge in [0, 0.05) is 25.6 Å². The van der Waals surface area contributed by atoms with Crippen LogP contribution in [-0.4, -0.2) is 31.7 Å². The maximum Gasteiger partial charge on any atom is 0.252 e. The lowest BCUT2D eigenvalue weighted by molar-refractivity contribution is -0.126. The molecule has 0 unspecified atom stereocenters. The maximum atomic E-state index is 12.6. The van der Waals surface area contributed by atoms with Crippen LogP contribution in [0.1, 0.15) is 43.4 Å². The van der Waals surface area contributed by atoms with Crippen molar-refractivity contribution >= 4 is 27.3 Å². The quantitative estimate of drug-likeness (QED) is 0.744. The smallest absolute Gasteiger partial charge is 0.252 e. The number of rotatable bonds is 7. The van der Waals surface area contributed by atoms with Crippen LogP contribution in [0.25, 0.3) is 0 Å². The van der Waals surface area contributed by atoms with E-state index in [1.807, 2.05) is 0 Å². The molecule has 0 saturated carbocycles. The highest BCUT2D eigenvalue weighted by atomic mass is 32.2. The molecule has 1 aliphatic rings. The van der Waals surface area contributed by atoms with Crippen molar-refractivity contribution in [3.8, 4) is 0 Å². The van der Waals surface area contributed by atoms with E-state index in [0.717, 1.165) is 12.8 Å². The fourth-order valence-corrected chi connectivity index (χ4v) is 6.25. The van der Waals surface area contributed by atoms with Gasteiger partial charge >= 0.3 is 0 Å². The van der Waals surface area contributed by atoms with E-state index >= 15 is 0 Å². The molecule has 2 heterocycles. The second kappa shape index (κ2) is 9.20. The Morgan fingerprint density at radius 1 is 1.14 bits per heavy atom. The first-order valence-corrected chi connectivity index (χ1v) is 12.2. The minimum atomic E-state index is -3.42. The minimum absolute atomic E-state index is 0.0251. The van der Waals surface area contributed by atoms with Gasteiger partial charge in [-0.05, 0) is 53.8 Å². The first-order valence-electron chi connectivity index (χ1n) is 9.87. The van der Waals surface area contributed by atoms with Crippen molar-refractivity contribution < 1.29 is 13.2 Å². The summed E-state index contributed by atoms with van der Waals surface area (Å²) in [7, 11) is -3.42. The summed E-state index contributed by atoms with van der Waals surface area (Å²) in [6.45, 7) is 5.56. The molecule has 152 valence electrons.